The standard InChI is InChI=1S/C15H18N2/c16-15(17,11-13-7-3-1-4-8-13)12-14-9-5-2-6-10-14/h1-10H,11-12,16-17H2. The second-order valence-electron chi connectivity index (χ2n) is 4.56. The van der Waals surface area contributed by atoms with E-state index >= 15 is 0 Å². The van der Waals surface area contributed by atoms with Gasteiger partial charge in [0.05, 0.1) is 5.66 Å². The van der Waals surface area contributed by atoms with Gasteiger partial charge in [-0.3, -0.25) is 0 Å². The fourth-order valence-corrected chi connectivity index (χ4v) is 2.01. The zero-order valence-electron chi connectivity index (χ0n) is 9.84. The van der Waals surface area contributed by atoms with Gasteiger partial charge in [0.2, 0.25) is 0 Å². The average Bonchev–Trinajstić information content (AvgIpc) is 2.30. The molecule has 0 heterocycles. The Morgan fingerprint density at radius 1 is 0.647 bits per heavy atom. The molecule has 2 rings (SSSR count). The van der Waals surface area contributed by atoms with Crippen LogP contribution in [0.15, 0.2) is 60.7 Å². The van der Waals surface area contributed by atoms with Gasteiger partial charge in [0.1, 0.15) is 0 Å². The van der Waals surface area contributed by atoms with E-state index in [-0.39, 0.29) is 0 Å². The van der Waals surface area contributed by atoms with Crippen molar-refractivity contribution in [3.8, 4) is 0 Å². The SMILES string of the molecule is NC(N)(Cc1ccccc1)Cc1ccccc1. The maximum Gasteiger partial charge on any atom is 0.0719 e. The molecule has 0 saturated heterocycles. The van der Waals surface area contributed by atoms with Crippen molar-refractivity contribution < 1.29 is 0 Å². The van der Waals surface area contributed by atoms with Gasteiger partial charge in [0.15, 0.2) is 0 Å². The third kappa shape index (κ3) is 3.70. The molecule has 0 saturated carbocycles. The first-order chi connectivity index (χ1) is 8.16. The number of hydrogen-bond donors (Lipinski definition) is 2. The van der Waals surface area contributed by atoms with Gasteiger partial charge < -0.3 is 11.5 Å². The Labute approximate surface area is 102 Å². The van der Waals surface area contributed by atoms with Gasteiger partial charge in [-0.15, -0.1) is 0 Å². The highest BCUT2D eigenvalue weighted by Crippen LogP contribution is 2.12. The monoisotopic (exact) mass is 226 g/mol. The van der Waals surface area contributed by atoms with Crippen LogP contribution in [-0.2, 0) is 12.8 Å². The Morgan fingerprint density at radius 3 is 1.35 bits per heavy atom. The molecule has 0 aliphatic rings. The lowest BCUT2D eigenvalue weighted by atomic mass is 9.94. The van der Waals surface area contributed by atoms with E-state index in [1.54, 1.807) is 0 Å². The number of nitrogens with two attached hydrogens (primary N) is 2. The molecule has 17 heavy (non-hydrogen) atoms. The molecule has 0 fully saturated rings. The van der Waals surface area contributed by atoms with Crippen LogP contribution >= 0.6 is 0 Å². The lowest BCUT2D eigenvalue weighted by Gasteiger charge is -2.24. The molecule has 0 amide bonds. The first-order valence-corrected chi connectivity index (χ1v) is 5.81. The van der Waals surface area contributed by atoms with Crippen molar-refractivity contribution in [2.75, 3.05) is 0 Å². The fraction of sp³-hybridized carbons (Fsp3) is 0.200. The molecule has 0 aliphatic carbocycles. The van der Waals surface area contributed by atoms with Crippen molar-refractivity contribution in [1.29, 1.82) is 0 Å². The summed E-state index contributed by atoms with van der Waals surface area (Å²) in [6.45, 7) is 0. The lowest BCUT2D eigenvalue weighted by molar-refractivity contribution is 0.436. The molecule has 2 nitrogen and oxygen atoms in total. The predicted octanol–water partition coefficient (Wildman–Crippen LogP) is 2.09. The maximum absolute atomic E-state index is 6.16. The second-order valence-corrected chi connectivity index (χ2v) is 4.56. The van der Waals surface area contributed by atoms with Crippen LogP contribution < -0.4 is 11.5 Å². The van der Waals surface area contributed by atoms with E-state index < -0.39 is 5.66 Å². The number of rotatable bonds is 4. The van der Waals surface area contributed by atoms with Crippen LogP contribution in [0.2, 0.25) is 0 Å². The van der Waals surface area contributed by atoms with Crippen LogP contribution in [0.4, 0.5) is 0 Å². The van der Waals surface area contributed by atoms with Crippen molar-refractivity contribution in [3.63, 3.8) is 0 Å². The van der Waals surface area contributed by atoms with Gasteiger partial charge in [0, 0.05) is 12.8 Å². The zero-order valence-corrected chi connectivity index (χ0v) is 9.84. The van der Waals surface area contributed by atoms with Gasteiger partial charge >= 0.3 is 0 Å². The summed E-state index contributed by atoms with van der Waals surface area (Å²) >= 11 is 0. The first-order valence-electron chi connectivity index (χ1n) is 5.81. The molecule has 0 radical (unpaired) electrons. The van der Waals surface area contributed by atoms with E-state index in [1.807, 2.05) is 36.4 Å². The summed E-state index contributed by atoms with van der Waals surface area (Å²) in [6, 6.07) is 20.2. The summed E-state index contributed by atoms with van der Waals surface area (Å²) in [4.78, 5) is 0. The molecule has 2 aromatic rings. The van der Waals surface area contributed by atoms with Gasteiger partial charge in [-0.2, -0.15) is 0 Å². The van der Waals surface area contributed by atoms with Crippen LogP contribution in [0.5, 0.6) is 0 Å². The smallest absolute Gasteiger partial charge is 0.0719 e. The Hall–Kier alpha value is -1.64. The molecular formula is C15H18N2. The molecule has 4 N–H and O–H groups in total. The van der Waals surface area contributed by atoms with Gasteiger partial charge in [-0.1, -0.05) is 60.7 Å². The minimum Gasteiger partial charge on any atom is -0.313 e. The Kier molecular flexibility index (Phi) is 3.57. The van der Waals surface area contributed by atoms with Crippen molar-refractivity contribution in [1.82, 2.24) is 0 Å². The molecule has 88 valence electrons. The van der Waals surface area contributed by atoms with Gasteiger partial charge in [-0.25, -0.2) is 0 Å². The Morgan fingerprint density at radius 2 is 1.00 bits per heavy atom. The summed E-state index contributed by atoms with van der Waals surface area (Å²) < 4.78 is 0. The van der Waals surface area contributed by atoms with Crippen molar-refractivity contribution in [2.24, 2.45) is 11.5 Å². The Bertz CT molecular complexity index is 405. The lowest BCUT2D eigenvalue weighted by Crippen LogP contribution is -2.53. The zero-order chi connectivity index (χ0) is 12.1. The minimum atomic E-state index is -0.692. The molecule has 2 heteroatoms. The largest absolute Gasteiger partial charge is 0.313 e. The van der Waals surface area contributed by atoms with Gasteiger partial charge in [0.25, 0.3) is 0 Å². The molecule has 0 spiro atoms. The summed E-state index contributed by atoms with van der Waals surface area (Å²) in [5.74, 6) is 0. The Balaban J connectivity index is 2.04. The second kappa shape index (κ2) is 5.13. The molecule has 0 bridgehead atoms. The van der Waals surface area contributed by atoms with Crippen LogP contribution in [0.3, 0.4) is 0 Å². The number of hydrogen-bond acceptors (Lipinski definition) is 2. The van der Waals surface area contributed by atoms with Crippen LogP contribution in [0.1, 0.15) is 11.1 Å². The van der Waals surface area contributed by atoms with Crippen molar-refractivity contribution >= 4 is 0 Å². The molecule has 0 aliphatic heterocycles. The topological polar surface area (TPSA) is 52.0 Å². The maximum atomic E-state index is 6.16. The highest BCUT2D eigenvalue weighted by atomic mass is 14.9. The fourth-order valence-electron chi connectivity index (χ4n) is 2.01. The molecule has 0 aromatic heterocycles. The van der Waals surface area contributed by atoms with E-state index in [1.165, 1.54) is 11.1 Å². The minimum absolute atomic E-state index is 0.683. The molecule has 2 aromatic carbocycles. The first kappa shape index (κ1) is 11.8. The predicted molar refractivity (Wildman–Crippen MR) is 71.4 cm³/mol. The van der Waals surface area contributed by atoms with E-state index in [0.717, 1.165) is 0 Å². The summed E-state index contributed by atoms with van der Waals surface area (Å²) in [7, 11) is 0. The third-order valence-electron chi connectivity index (χ3n) is 2.75. The highest BCUT2D eigenvalue weighted by molar-refractivity contribution is 5.21. The van der Waals surface area contributed by atoms with E-state index in [0.29, 0.717) is 12.8 Å². The van der Waals surface area contributed by atoms with Crippen molar-refractivity contribution in [2.45, 2.75) is 18.5 Å². The van der Waals surface area contributed by atoms with E-state index in [9.17, 15) is 0 Å². The number of benzene rings is 2. The summed E-state index contributed by atoms with van der Waals surface area (Å²) in [6.07, 6.45) is 1.37. The van der Waals surface area contributed by atoms with Crippen LogP contribution in [0, 0.1) is 0 Å². The highest BCUT2D eigenvalue weighted by Gasteiger charge is 2.19. The summed E-state index contributed by atoms with van der Waals surface area (Å²) in [5, 5.41) is 0. The van der Waals surface area contributed by atoms with E-state index in [4.69, 9.17) is 11.5 Å². The average molecular weight is 226 g/mol. The molecule has 0 unspecified atom stereocenters. The normalized spacial score (nSPS) is 11.4. The van der Waals surface area contributed by atoms with Crippen LogP contribution in [0.25, 0.3) is 0 Å². The quantitative estimate of drug-likeness (QED) is 0.784. The van der Waals surface area contributed by atoms with Crippen molar-refractivity contribution in [3.05, 3.63) is 71.8 Å². The third-order valence-corrected chi connectivity index (χ3v) is 2.75. The van der Waals surface area contributed by atoms with Crippen LogP contribution in [-0.4, -0.2) is 5.66 Å². The van der Waals surface area contributed by atoms with E-state index in [2.05, 4.69) is 24.3 Å². The molecular weight excluding hydrogens is 208 g/mol. The molecule has 0 atom stereocenters. The van der Waals surface area contributed by atoms with Gasteiger partial charge in [-0.05, 0) is 11.1 Å². The summed E-state index contributed by atoms with van der Waals surface area (Å²) in [5.41, 5.74) is 14.0.